The van der Waals surface area contributed by atoms with Crippen molar-refractivity contribution in [1.29, 1.82) is 0 Å². The molecule has 0 fully saturated rings. The van der Waals surface area contributed by atoms with Gasteiger partial charge in [-0.3, -0.25) is 0 Å². The number of benzene rings is 1. The van der Waals surface area contributed by atoms with Gasteiger partial charge in [0.05, 0.1) is 5.69 Å². The van der Waals surface area contributed by atoms with Gasteiger partial charge < -0.3 is 5.32 Å². The van der Waals surface area contributed by atoms with Gasteiger partial charge in [0.2, 0.25) is 0 Å². The predicted molar refractivity (Wildman–Crippen MR) is 55.7 cm³/mol. The Morgan fingerprint density at radius 2 is 2.17 bits per heavy atom. The molecule has 0 spiro atoms. The van der Waals surface area contributed by atoms with Crippen molar-refractivity contribution in [2.45, 2.75) is 0 Å². The zero-order chi connectivity index (χ0) is 8.39. The Bertz CT molecular complexity index is 378. The number of thiophene rings is 1. The van der Waals surface area contributed by atoms with Crippen molar-refractivity contribution in [2.24, 2.45) is 0 Å². The average molecular weight is 176 g/mol. The first kappa shape index (κ1) is 7.62. The fourth-order valence-corrected chi connectivity index (χ4v) is 2.17. The SMILES string of the molecule is [CH2]CNc1csc2ccccc12. The van der Waals surface area contributed by atoms with Crippen molar-refractivity contribution in [3.63, 3.8) is 0 Å². The van der Waals surface area contributed by atoms with Gasteiger partial charge in [0.15, 0.2) is 0 Å². The molecule has 1 aromatic carbocycles. The van der Waals surface area contributed by atoms with Crippen molar-refractivity contribution in [1.82, 2.24) is 0 Å². The molecule has 2 heteroatoms. The van der Waals surface area contributed by atoms with Crippen LogP contribution in [0.5, 0.6) is 0 Å². The molecule has 1 radical (unpaired) electrons. The van der Waals surface area contributed by atoms with E-state index in [0.717, 1.165) is 6.54 Å². The van der Waals surface area contributed by atoms with E-state index < -0.39 is 0 Å². The molecule has 0 aliphatic heterocycles. The van der Waals surface area contributed by atoms with Crippen molar-refractivity contribution in [3.8, 4) is 0 Å². The van der Waals surface area contributed by atoms with E-state index in [1.54, 1.807) is 11.3 Å². The van der Waals surface area contributed by atoms with Crippen LogP contribution < -0.4 is 5.32 Å². The van der Waals surface area contributed by atoms with E-state index in [-0.39, 0.29) is 0 Å². The van der Waals surface area contributed by atoms with Gasteiger partial charge in [-0.25, -0.2) is 0 Å². The van der Waals surface area contributed by atoms with Crippen molar-refractivity contribution >= 4 is 27.1 Å². The number of nitrogens with one attached hydrogen (secondary N) is 1. The second-order valence-electron chi connectivity index (χ2n) is 2.57. The normalized spacial score (nSPS) is 10.4. The molecular weight excluding hydrogens is 166 g/mol. The maximum absolute atomic E-state index is 3.76. The number of hydrogen-bond donors (Lipinski definition) is 1. The van der Waals surface area contributed by atoms with Gasteiger partial charge in [0.1, 0.15) is 0 Å². The van der Waals surface area contributed by atoms with Crippen LogP contribution >= 0.6 is 11.3 Å². The highest BCUT2D eigenvalue weighted by Gasteiger charge is 1.99. The van der Waals surface area contributed by atoms with Crippen LogP contribution in [0.25, 0.3) is 10.1 Å². The molecule has 2 aromatic rings. The predicted octanol–water partition coefficient (Wildman–Crippen LogP) is 3.15. The molecule has 1 aromatic heterocycles. The van der Waals surface area contributed by atoms with Crippen LogP contribution in [0.3, 0.4) is 0 Å². The molecule has 1 nitrogen and oxygen atoms in total. The number of hydrogen-bond acceptors (Lipinski definition) is 2. The second kappa shape index (κ2) is 3.15. The third kappa shape index (κ3) is 1.18. The number of rotatable bonds is 2. The lowest BCUT2D eigenvalue weighted by molar-refractivity contribution is 1.36. The molecule has 0 saturated carbocycles. The van der Waals surface area contributed by atoms with Crippen molar-refractivity contribution in [3.05, 3.63) is 36.6 Å². The summed E-state index contributed by atoms with van der Waals surface area (Å²) in [6.45, 7) is 4.50. The van der Waals surface area contributed by atoms with Crippen LogP contribution in [0, 0.1) is 6.92 Å². The molecule has 12 heavy (non-hydrogen) atoms. The summed E-state index contributed by atoms with van der Waals surface area (Å²) in [5.41, 5.74) is 1.20. The summed E-state index contributed by atoms with van der Waals surface area (Å²) >= 11 is 1.76. The van der Waals surface area contributed by atoms with E-state index in [4.69, 9.17) is 0 Å². The minimum Gasteiger partial charge on any atom is -0.384 e. The van der Waals surface area contributed by atoms with Crippen LogP contribution in [-0.2, 0) is 0 Å². The second-order valence-corrected chi connectivity index (χ2v) is 3.48. The van der Waals surface area contributed by atoms with Gasteiger partial charge in [-0.1, -0.05) is 18.2 Å². The van der Waals surface area contributed by atoms with E-state index >= 15 is 0 Å². The minimum absolute atomic E-state index is 0.737. The Morgan fingerprint density at radius 3 is 3.00 bits per heavy atom. The van der Waals surface area contributed by atoms with Crippen LogP contribution in [0.2, 0.25) is 0 Å². The number of anilines is 1. The van der Waals surface area contributed by atoms with Crippen molar-refractivity contribution in [2.75, 3.05) is 11.9 Å². The van der Waals surface area contributed by atoms with Gasteiger partial charge in [-0.2, -0.15) is 0 Å². The lowest BCUT2D eigenvalue weighted by atomic mass is 10.2. The maximum Gasteiger partial charge on any atom is 0.0528 e. The molecule has 0 amide bonds. The third-order valence-corrected chi connectivity index (χ3v) is 2.76. The fraction of sp³-hybridized carbons (Fsp3) is 0.100. The summed E-state index contributed by atoms with van der Waals surface area (Å²) in [6, 6.07) is 8.38. The highest BCUT2D eigenvalue weighted by atomic mass is 32.1. The van der Waals surface area contributed by atoms with E-state index in [2.05, 4.69) is 41.9 Å². The topological polar surface area (TPSA) is 12.0 Å². The Labute approximate surface area is 76.0 Å². The minimum atomic E-state index is 0.737. The van der Waals surface area contributed by atoms with Crippen LogP contribution in [0.1, 0.15) is 0 Å². The van der Waals surface area contributed by atoms with Crippen LogP contribution in [-0.4, -0.2) is 6.54 Å². The summed E-state index contributed by atoms with van der Waals surface area (Å²) in [6.07, 6.45) is 0. The summed E-state index contributed by atoms with van der Waals surface area (Å²) < 4.78 is 1.33. The standard InChI is InChI=1S/C10H10NS/c1-2-11-9-7-12-10-6-4-3-5-8(9)10/h3-7,11H,1-2H2. The van der Waals surface area contributed by atoms with Gasteiger partial charge in [-0.15, -0.1) is 11.3 Å². The van der Waals surface area contributed by atoms with Crippen LogP contribution in [0.4, 0.5) is 5.69 Å². The molecule has 2 rings (SSSR count). The highest BCUT2D eigenvalue weighted by molar-refractivity contribution is 7.17. The molecule has 0 aliphatic rings. The Morgan fingerprint density at radius 1 is 1.33 bits per heavy atom. The molecule has 0 aliphatic carbocycles. The smallest absolute Gasteiger partial charge is 0.0528 e. The van der Waals surface area contributed by atoms with E-state index in [9.17, 15) is 0 Å². The summed E-state index contributed by atoms with van der Waals surface area (Å²) in [5, 5.41) is 6.66. The molecule has 1 heterocycles. The van der Waals surface area contributed by atoms with Gasteiger partial charge in [-0.05, 0) is 13.0 Å². The zero-order valence-electron chi connectivity index (χ0n) is 6.71. The van der Waals surface area contributed by atoms with Gasteiger partial charge in [0.25, 0.3) is 0 Å². The number of fused-ring (bicyclic) bond motifs is 1. The van der Waals surface area contributed by atoms with Crippen molar-refractivity contribution < 1.29 is 0 Å². The molecular formula is C10H10NS. The first-order valence-electron chi connectivity index (χ1n) is 3.91. The molecule has 1 N–H and O–H groups in total. The maximum atomic E-state index is 3.76. The lowest BCUT2D eigenvalue weighted by Gasteiger charge is -1.98. The molecule has 61 valence electrons. The van der Waals surface area contributed by atoms with Crippen LogP contribution in [0.15, 0.2) is 29.6 Å². The van der Waals surface area contributed by atoms with Gasteiger partial charge >= 0.3 is 0 Å². The first-order valence-corrected chi connectivity index (χ1v) is 4.79. The quantitative estimate of drug-likeness (QED) is 0.741. The molecule has 0 unspecified atom stereocenters. The summed E-state index contributed by atoms with van der Waals surface area (Å²) in [7, 11) is 0. The molecule has 0 atom stereocenters. The Balaban J connectivity index is 2.55. The Kier molecular flexibility index (Phi) is 2.00. The van der Waals surface area contributed by atoms with E-state index in [1.807, 2.05) is 0 Å². The largest absolute Gasteiger partial charge is 0.384 e. The first-order chi connectivity index (χ1) is 5.92. The third-order valence-electron chi connectivity index (χ3n) is 1.80. The zero-order valence-corrected chi connectivity index (χ0v) is 7.53. The average Bonchev–Trinajstić information content (AvgIpc) is 2.50. The highest BCUT2D eigenvalue weighted by Crippen LogP contribution is 2.29. The summed E-state index contributed by atoms with van der Waals surface area (Å²) in [5.74, 6) is 0. The Hall–Kier alpha value is -1.02. The fourth-order valence-electron chi connectivity index (χ4n) is 1.25. The molecule has 0 bridgehead atoms. The lowest BCUT2D eigenvalue weighted by Crippen LogP contribution is -1.94. The summed E-state index contributed by atoms with van der Waals surface area (Å²) in [4.78, 5) is 0. The molecule has 0 saturated heterocycles. The monoisotopic (exact) mass is 176 g/mol. The van der Waals surface area contributed by atoms with E-state index in [0.29, 0.717) is 0 Å². The van der Waals surface area contributed by atoms with E-state index in [1.165, 1.54) is 15.8 Å². The van der Waals surface area contributed by atoms with Gasteiger partial charge in [0, 0.05) is 22.0 Å².